The number of aromatic amines is 1. The molecular formula is C10H14ClN5O. The van der Waals surface area contributed by atoms with Gasteiger partial charge in [0, 0.05) is 0 Å². The Balaban J connectivity index is 2.44. The molecule has 17 heavy (non-hydrogen) atoms. The van der Waals surface area contributed by atoms with Gasteiger partial charge >= 0.3 is 0 Å². The van der Waals surface area contributed by atoms with E-state index in [1.807, 2.05) is 13.8 Å². The fourth-order valence-corrected chi connectivity index (χ4v) is 1.60. The molecule has 3 N–H and O–H groups in total. The molecule has 0 aliphatic carbocycles. The third-order valence-electron chi connectivity index (χ3n) is 2.83. The number of aromatic nitrogens is 4. The Bertz CT molecular complexity index is 522. The normalized spacial score (nSPS) is 14.8. The van der Waals surface area contributed by atoms with Gasteiger partial charge < -0.3 is 10.4 Å². The van der Waals surface area contributed by atoms with Crippen LogP contribution in [-0.4, -0.2) is 37.4 Å². The first-order chi connectivity index (χ1) is 8.08. The summed E-state index contributed by atoms with van der Waals surface area (Å²) in [6.45, 7) is 3.90. The van der Waals surface area contributed by atoms with Gasteiger partial charge in [0.15, 0.2) is 5.65 Å². The molecule has 2 rings (SSSR count). The first-order valence-electron chi connectivity index (χ1n) is 5.33. The molecule has 0 radical (unpaired) electrons. The zero-order valence-corrected chi connectivity index (χ0v) is 10.4. The van der Waals surface area contributed by atoms with Crippen LogP contribution in [0.1, 0.15) is 20.3 Å². The molecule has 0 fully saturated rings. The van der Waals surface area contributed by atoms with Gasteiger partial charge in [-0.1, -0.05) is 6.92 Å². The lowest BCUT2D eigenvalue weighted by Gasteiger charge is -2.27. The molecule has 0 aliphatic heterocycles. The number of anilines is 1. The van der Waals surface area contributed by atoms with Gasteiger partial charge in [-0.15, -0.1) is 0 Å². The van der Waals surface area contributed by atoms with Gasteiger partial charge in [0.2, 0.25) is 5.28 Å². The van der Waals surface area contributed by atoms with Crippen molar-refractivity contribution in [2.75, 3.05) is 11.9 Å². The van der Waals surface area contributed by atoms with Gasteiger partial charge in [-0.25, -0.2) is 0 Å². The molecule has 0 saturated carbocycles. The van der Waals surface area contributed by atoms with Crippen molar-refractivity contribution in [3.8, 4) is 0 Å². The Morgan fingerprint density at radius 1 is 1.53 bits per heavy atom. The second kappa shape index (κ2) is 4.46. The van der Waals surface area contributed by atoms with Crippen molar-refractivity contribution in [3.63, 3.8) is 0 Å². The average Bonchev–Trinajstić information content (AvgIpc) is 2.77. The zero-order chi connectivity index (χ0) is 12.5. The molecule has 0 saturated heterocycles. The number of halogens is 1. The zero-order valence-electron chi connectivity index (χ0n) is 9.66. The van der Waals surface area contributed by atoms with Gasteiger partial charge in [-0.2, -0.15) is 15.1 Å². The Morgan fingerprint density at radius 2 is 2.29 bits per heavy atom. The van der Waals surface area contributed by atoms with Gasteiger partial charge in [0.25, 0.3) is 0 Å². The first kappa shape index (κ1) is 12.1. The highest BCUT2D eigenvalue weighted by Gasteiger charge is 2.22. The second-order valence-corrected chi connectivity index (χ2v) is 4.51. The number of nitrogens with zero attached hydrogens (tertiary/aromatic N) is 3. The van der Waals surface area contributed by atoms with Crippen LogP contribution in [0, 0.1) is 0 Å². The number of aliphatic hydroxyl groups excluding tert-OH is 1. The van der Waals surface area contributed by atoms with E-state index in [-0.39, 0.29) is 11.9 Å². The lowest BCUT2D eigenvalue weighted by molar-refractivity contribution is 0.218. The number of rotatable bonds is 4. The van der Waals surface area contributed by atoms with E-state index in [0.29, 0.717) is 11.5 Å². The van der Waals surface area contributed by atoms with Crippen molar-refractivity contribution < 1.29 is 5.11 Å². The predicted molar refractivity (Wildman–Crippen MR) is 66.1 cm³/mol. The fourth-order valence-electron chi connectivity index (χ4n) is 1.43. The van der Waals surface area contributed by atoms with E-state index in [2.05, 4.69) is 25.5 Å². The number of H-pyrrole nitrogens is 1. The molecule has 0 spiro atoms. The average molecular weight is 256 g/mol. The minimum atomic E-state index is -0.443. The number of hydrogen-bond acceptors (Lipinski definition) is 5. The molecule has 92 valence electrons. The number of nitrogens with one attached hydrogen (secondary N) is 2. The largest absolute Gasteiger partial charge is 0.394 e. The molecule has 7 heteroatoms. The number of fused-ring (bicyclic) bond motifs is 1. The SMILES string of the molecule is CCC(C)(CO)Nc1nc(Cl)nc2[nH]ncc12. The van der Waals surface area contributed by atoms with E-state index in [0.717, 1.165) is 11.8 Å². The molecule has 0 aromatic carbocycles. The minimum Gasteiger partial charge on any atom is -0.394 e. The third kappa shape index (κ3) is 2.32. The van der Waals surface area contributed by atoms with Gasteiger partial charge in [0.1, 0.15) is 5.82 Å². The van der Waals surface area contributed by atoms with Crippen LogP contribution < -0.4 is 5.32 Å². The maximum absolute atomic E-state index is 9.38. The van der Waals surface area contributed by atoms with Crippen LogP contribution in [0.15, 0.2) is 6.20 Å². The number of hydrogen-bond donors (Lipinski definition) is 3. The summed E-state index contributed by atoms with van der Waals surface area (Å²) >= 11 is 5.82. The van der Waals surface area contributed by atoms with Gasteiger partial charge in [0.05, 0.1) is 23.7 Å². The smallest absolute Gasteiger partial charge is 0.226 e. The highest BCUT2D eigenvalue weighted by Crippen LogP contribution is 2.24. The first-order valence-corrected chi connectivity index (χ1v) is 5.71. The van der Waals surface area contributed by atoms with E-state index >= 15 is 0 Å². The van der Waals surface area contributed by atoms with Crippen LogP contribution in [-0.2, 0) is 0 Å². The van der Waals surface area contributed by atoms with E-state index in [4.69, 9.17) is 11.6 Å². The minimum absolute atomic E-state index is 0.00443. The summed E-state index contributed by atoms with van der Waals surface area (Å²) in [5.41, 5.74) is 0.130. The van der Waals surface area contributed by atoms with Crippen molar-refractivity contribution in [1.29, 1.82) is 0 Å². The number of aliphatic hydroxyl groups is 1. The van der Waals surface area contributed by atoms with Crippen LogP contribution in [0.3, 0.4) is 0 Å². The molecule has 2 heterocycles. The van der Waals surface area contributed by atoms with Crippen LogP contribution in [0.25, 0.3) is 11.0 Å². The topological polar surface area (TPSA) is 86.7 Å². The summed E-state index contributed by atoms with van der Waals surface area (Å²) in [6, 6.07) is 0. The quantitative estimate of drug-likeness (QED) is 0.722. The van der Waals surface area contributed by atoms with Gasteiger partial charge in [-0.3, -0.25) is 5.10 Å². The molecule has 0 amide bonds. The summed E-state index contributed by atoms with van der Waals surface area (Å²) in [5.74, 6) is 0.576. The standard InChI is InChI=1S/C10H14ClN5O/c1-3-10(2,5-17)15-7-6-4-12-16-8(6)14-9(11)13-7/h4,17H,3,5H2,1-2H3,(H2,12,13,14,15,16). The van der Waals surface area contributed by atoms with E-state index < -0.39 is 5.54 Å². The molecule has 6 nitrogen and oxygen atoms in total. The van der Waals surface area contributed by atoms with E-state index in [9.17, 15) is 5.11 Å². The van der Waals surface area contributed by atoms with E-state index in [1.54, 1.807) is 6.20 Å². The van der Waals surface area contributed by atoms with E-state index in [1.165, 1.54) is 0 Å². The monoisotopic (exact) mass is 255 g/mol. The lowest BCUT2D eigenvalue weighted by atomic mass is 10.0. The molecule has 0 bridgehead atoms. The van der Waals surface area contributed by atoms with Gasteiger partial charge in [-0.05, 0) is 24.9 Å². The summed E-state index contributed by atoms with van der Waals surface area (Å²) in [4.78, 5) is 8.14. The molecule has 2 aromatic rings. The Labute approximate surface area is 103 Å². The van der Waals surface area contributed by atoms with Crippen molar-refractivity contribution in [2.24, 2.45) is 0 Å². The summed E-state index contributed by atoms with van der Waals surface area (Å²) in [6.07, 6.45) is 2.38. The maximum Gasteiger partial charge on any atom is 0.226 e. The lowest BCUT2D eigenvalue weighted by Crippen LogP contribution is -2.38. The van der Waals surface area contributed by atoms with Crippen LogP contribution in [0.5, 0.6) is 0 Å². The van der Waals surface area contributed by atoms with Crippen molar-refractivity contribution in [2.45, 2.75) is 25.8 Å². The second-order valence-electron chi connectivity index (χ2n) is 4.17. The van der Waals surface area contributed by atoms with Crippen molar-refractivity contribution in [3.05, 3.63) is 11.5 Å². The Morgan fingerprint density at radius 3 is 2.94 bits per heavy atom. The van der Waals surface area contributed by atoms with Crippen LogP contribution in [0.4, 0.5) is 5.82 Å². The predicted octanol–water partition coefficient (Wildman–Crippen LogP) is 1.58. The highest BCUT2D eigenvalue weighted by atomic mass is 35.5. The summed E-state index contributed by atoms with van der Waals surface area (Å²) < 4.78 is 0. The Kier molecular flexibility index (Phi) is 3.17. The molecular weight excluding hydrogens is 242 g/mol. The molecule has 2 aromatic heterocycles. The fraction of sp³-hybridized carbons (Fsp3) is 0.500. The molecule has 0 aliphatic rings. The van der Waals surface area contributed by atoms with Crippen LogP contribution in [0.2, 0.25) is 5.28 Å². The van der Waals surface area contributed by atoms with Crippen molar-refractivity contribution >= 4 is 28.5 Å². The molecule has 1 atom stereocenters. The third-order valence-corrected chi connectivity index (χ3v) is 3.00. The van der Waals surface area contributed by atoms with Crippen LogP contribution >= 0.6 is 11.6 Å². The Hall–Kier alpha value is -1.40. The van der Waals surface area contributed by atoms with Crippen molar-refractivity contribution in [1.82, 2.24) is 20.2 Å². The summed E-state index contributed by atoms with van der Waals surface area (Å²) in [7, 11) is 0. The maximum atomic E-state index is 9.38. The summed E-state index contributed by atoms with van der Waals surface area (Å²) in [5, 5.41) is 20.1. The molecule has 1 unspecified atom stereocenters. The highest BCUT2D eigenvalue weighted by molar-refractivity contribution is 6.28.